The van der Waals surface area contributed by atoms with Crippen LogP contribution in [0.2, 0.25) is 0 Å². The maximum Gasteiger partial charge on any atom is 0.381 e. The molecule has 25 heavy (non-hydrogen) atoms. The lowest BCUT2D eigenvalue weighted by Crippen LogP contribution is -3.00. The van der Waals surface area contributed by atoms with Crippen molar-refractivity contribution >= 4 is 33.6 Å². The molecule has 0 spiro atoms. The van der Waals surface area contributed by atoms with Gasteiger partial charge in [-0.2, -0.15) is 0 Å². The SMILES string of the molecule is CCN(CC)c1ccc2nc3ccc(N(CC)CC)cc3[o+]c2c1.[Cl-]. The van der Waals surface area contributed by atoms with Gasteiger partial charge in [-0.3, -0.25) is 0 Å². The fourth-order valence-corrected chi connectivity index (χ4v) is 3.17. The fraction of sp³-hybridized carbons (Fsp3) is 0.400. The number of aromatic nitrogens is 1. The van der Waals surface area contributed by atoms with Crippen molar-refractivity contribution in [3.05, 3.63) is 36.4 Å². The van der Waals surface area contributed by atoms with E-state index in [0.717, 1.165) is 48.4 Å². The maximum absolute atomic E-state index is 6.19. The summed E-state index contributed by atoms with van der Waals surface area (Å²) in [4.78, 5) is 9.37. The van der Waals surface area contributed by atoms with Gasteiger partial charge in [0.05, 0.1) is 12.1 Å². The number of rotatable bonds is 6. The Labute approximate surface area is 155 Å². The zero-order chi connectivity index (χ0) is 17.1. The van der Waals surface area contributed by atoms with Crippen LogP contribution in [0.25, 0.3) is 22.2 Å². The number of hydrogen-bond donors (Lipinski definition) is 0. The lowest BCUT2D eigenvalue weighted by molar-refractivity contribution is -0.00000553. The number of nitrogens with zero attached hydrogens (tertiary/aromatic N) is 3. The van der Waals surface area contributed by atoms with Gasteiger partial charge in [-0.15, -0.1) is 0 Å². The van der Waals surface area contributed by atoms with Crippen molar-refractivity contribution in [3.8, 4) is 0 Å². The van der Waals surface area contributed by atoms with E-state index >= 15 is 0 Å². The van der Waals surface area contributed by atoms with Gasteiger partial charge in [0.1, 0.15) is 0 Å². The normalized spacial score (nSPS) is 10.7. The van der Waals surface area contributed by atoms with Gasteiger partial charge in [0.2, 0.25) is 0 Å². The molecular weight excluding hydrogens is 334 g/mol. The molecule has 5 heteroatoms. The predicted molar refractivity (Wildman–Crippen MR) is 103 cm³/mol. The van der Waals surface area contributed by atoms with Gasteiger partial charge < -0.3 is 22.2 Å². The standard InChI is InChI=1S/C20H26N3O.ClH/c1-5-22(6-2)15-9-11-17-19(13-15)24-20-14-16(23(7-3)8-4)10-12-18(20)21-17;/h9-14H,5-8H2,1-4H3;1H/q+1;/p-1. The van der Waals surface area contributed by atoms with Crippen molar-refractivity contribution in [2.24, 2.45) is 0 Å². The average molecular weight is 360 g/mol. The Morgan fingerprint density at radius 2 is 1.12 bits per heavy atom. The van der Waals surface area contributed by atoms with E-state index in [2.05, 4.69) is 61.8 Å². The fourth-order valence-electron chi connectivity index (χ4n) is 3.17. The van der Waals surface area contributed by atoms with E-state index in [0.29, 0.717) is 0 Å². The topological polar surface area (TPSA) is 30.7 Å². The van der Waals surface area contributed by atoms with Crippen LogP contribution < -0.4 is 22.2 Å². The molecule has 0 aliphatic rings. The molecule has 0 fully saturated rings. The van der Waals surface area contributed by atoms with E-state index in [4.69, 9.17) is 9.40 Å². The summed E-state index contributed by atoms with van der Waals surface area (Å²) >= 11 is 0. The highest BCUT2D eigenvalue weighted by Crippen LogP contribution is 2.27. The van der Waals surface area contributed by atoms with E-state index in [9.17, 15) is 0 Å². The van der Waals surface area contributed by atoms with Crippen LogP contribution in [0.5, 0.6) is 0 Å². The average Bonchev–Trinajstić information content (AvgIpc) is 2.62. The molecule has 0 bridgehead atoms. The molecule has 0 saturated heterocycles. The van der Waals surface area contributed by atoms with Gasteiger partial charge in [0, 0.05) is 37.6 Å². The van der Waals surface area contributed by atoms with Crippen LogP contribution in [-0.2, 0) is 0 Å². The zero-order valence-electron chi connectivity index (χ0n) is 15.4. The van der Waals surface area contributed by atoms with Crippen molar-refractivity contribution in [3.63, 3.8) is 0 Å². The second-order valence-electron chi connectivity index (χ2n) is 5.86. The summed E-state index contributed by atoms with van der Waals surface area (Å²) < 4.78 is 6.19. The second kappa shape index (κ2) is 8.34. The Morgan fingerprint density at radius 3 is 1.48 bits per heavy atom. The van der Waals surface area contributed by atoms with Gasteiger partial charge in [-0.05, 0) is 52.0 Å². The molecule has 0 amide bonds. The van der Waals surface area contributed by atoms with Crippen LogP contribution >= 0.6 is 0 Å². The minimum atomic E-state index is 0. The Kier molecular flexibility index (Phi) is 6.43. The Bertz CT molecular complexity index is 778. The van der Waals surface area contributed by atoms with E-state index in [-0.39, 0.29) is 12.4 Å². The summed E-state index contributed by atoms with van der Waals surface area (Å²) in [7, 11) is 0. The molecule has 0 radical (unpaired) electrons. The first-order valence-corrected chi connectivity index (χ1v) is 8.87. The lowest BCUT2D eigenvalue weighted by atomic mass is 10.2. The van der Waals surface area contributed by atoms with E-state index in [1.165, 1.54) is 11.4 Å². The third-order valence-electron chi connectivity index (χ3n) is 4.60. The Morgan fingerprint density at radius 1 is 0.720 bits per heavy atom. The van der Waals surface area contributed by atoms with Gasteiger partial charge in [0.15, 0.2) is 11.0 Å². The molecule has 1 heterocycles. The van der Waals surface area contributed by atoms with E-state index < -0.39 is 0 Å². The number of halogens is 1. The number of hydrogen-bond acceptors (Lipinski definition) is 3. The molecule has 1 aromatic heterocycles. The number of anilines is 2. The van der Waals surface area contributed by atoms with Crippen LogP contribution in [0.4, 0.5) is 11.4 Å². The highest BCUT2D eigenvalue weighted by molar-refractivity contribution is 5.86. The van der Waals surface area contributed by atoms with Crippen LogP contribution in [0.15, 0.2) is 40.8 Å². The second-order valence-corrected chi connectivity index (χ2v) is 5.86. The highest BCUT2D eigenvalue weighted by Gasteiger charge is 2.17. The summed E-state index contributed by atoms with van der Waals surface area (Å²) in [5, 5.41) is 0. The molecule has 0 N–H and O–H groups in total. The molecule has 0 unspecified atom stereocenters. The minimum absolute atomic E-state index is 0. The Balaban J connectivity index is 0.00000225. The van der Waals surface area contributed by atoms with Gasteiger partial charge in [-0.25, -0.2) is 9.40 Å². The quantitative estimate of drug-likeness (QED) is 0.497. The molecule has 0 aliphatic carbocycles. The Hall–Kier alpha value is -2.07. The third-order valence-corrected chi connectivity index (χ3v) is 4.60. The van der Waals surface area contributed by atoms with Crippen molar-refractivity contribution in [2.75, 3.05) is 36.0 Å². The molecule has 0 aliphatic heterocycles. The van der Waals surface area contributed by atoms with Crippen LogP contribution in [0, 0.1) is 0 Å². The van der Waals surface area contributed by atoms with Crippen LogP contribution in [-0.4, -0.2) is 31.2 Å². The van der Waals surface area contributed by atoms with Crippen molar-refractivity contribution in [2.45, 2.75) is 27.7 Å². The maximum atomic E-state index is 6.19. The largest absolute Gasteiger partial charge is 1.00 e. The zero-order valence-corrected chi connectivity index (χ0v) is 16.2. The van der Waals surface area contributed by atoms with Crippen molar-refractivity contribution in [1.82, 2.24) is 4.98 Å². The molecule has 4 nitrogen and oxygen atoms in total. The third kappa shape index (κ3) is 3.79. The minimum Gasteiger partial charge on any atom is -1.00 e. The predicted octanol–water partition coefficient (Wildman–Crippen LogP) is 1.96. The van der Waals surface area contributed by atoms with Crippen LogP contribution in [0.3, 0.4) is 0 Å². The molecule has 0 atom stereocenters. The molecule has 0 saturated carbocycles. The first-order chi connectivity index (χ1) is 11.7. The summed E-state index contributed by atoms with van der Waals surface area (Å²) in [5.74, 6) is 0. The monoisotopic (exact) mass is 359 g/mol. The molecular formula is C20H26ClN3O. The first-order valence-electron chi connectivity index (χ1n) is 8.87. The smallest absolute Gasteiger partial charge is 0.381 e. The number of benzene rings is 2. The lowest BCUT2D eigenvalue weighted by Gasteiger charge is -2.20. The van der Waals surface area contributed by atoms with E-state index in [1.807, 2.05) is 12.1 Å². The highest BCUT2D eigenvalue weighted by atomic mass is 35.5. The summed E-state index contributed by atoms with van der Waals surface area (Å²) in [6.45, 7) is 12.6. The molecule has 2 aromatic carbocycles. The molecule has 3 aromatic rings. The van der Waals surface area contributed by atoms with E-state index in [1.54, 1.807) is 0 Å². The number of fused-ring (bicyclic) bond motifs is 2. The first kappa shape index (κ1) is 19.3. The van der Waals surface area contributed by atoms with Gasteiger partial charge in [-0.1, -0.05) is 0 Å². The summed E-state index contributed by atoms with van der Waals surface area (Å²) in [6.07, 6.45) is 0. The summed E-state index contributed by atoms with van der Waals surface area (Å²) in [5.41, 5.74) is 5.82. The van der Waals surface area contributed by atoms with Gasteiger partial charge in [0.25, 0.3) is 0 Å². The van der Waals surface area contributed by atoms with Crippen LogP contribution in [0.1, 0.15) is 27.7 Å². The summed E-state index contributed by atoms with van der Waals surface area (Å²) in [6, 6.07) is 12.5. The molecule has 3 rings (SSSR count). The molecule has 134 valence electrons. The van der Waals surface area contributed by atoms with Gasteiger partial charge >= 0.3 is 11.2 Å². The van der Waals surface area contributed by atoms with Crippen molar-refractivity contribution in [1.29, 1.82) is 0 Å². The van der Waals surface area contributed by atoms with Crippen molar-refractivity contribution < 1.29 is 16.8 Å².